The summed E-state index contributed by atoms with van der Waals surface area (Å²) in [5.74, 6) is 1.57. The summed E-state index contributed by atoms with van der Waals surface area (Å²) in [7, 11) is 2.02. The number of nitrogens with one attached hydrogen (secondary N) is 1. The Kier molecular flexibility index (Phi) is 3.38. The molecule has 5 nitrogen and oxygen atoms in total. The highest BCUT2D eigenvalue weighted by atomic mass is 15.4. The van der Waals surface area contributed by atoms with Crippen LogP contribution in [0.4, 0.5) is 5.95 Å². The van der Waals surface area contributed by atoms with Crippen LogP contribution in [0.3, 0.4) is 0 Å². The molecular formula is C14H21N5. The first kappa shape index (κ1) is 12.4. The van der Waals surface area contributed by atoms with Gasteiger partial charge in [0.25, 0.3) is 0 Å². The van der Waals surface area contributed by atoms with E-state index in [1.54, 1.807) is 0 Å². The number of pyridine rings is 1. The fraction of sp³-hybridized carbons (Fsp3) is 0.571. The summed E-state index contributed by atoms with van der Waals surface area (Å²) < 4.78 is 1.93. The molecule has 5 heteroatoms. The number of rotatable bonds is 3. The lowest BCUT2D eigenvalue weighted by molar-refractivity contribution is 0.399. The van der Waals surface area contributed by atoms with E-state index in [2.05, 4.69) is 33.3 Å². The van der Waals surface area contributed by atoms with Gasteiger partial charge in [-0.15, -0.1) is 5.10 Å². The summed E-state index contributed by atoms with van der Waals surface area (Å²) >= 11 is 0. The molecular weight excluding hydrogens is 238 g/mol. The second kappa shape index (κ2) is 5.17. The Morgan fingerprint density at radius 1 is 1.42 bits per heavy atom. The van der Waals surface area contributed by atoms with E-state index in [0.29, 0.717) is 5.92 Å². The topological polar surface area (TPSA) is 45.5 Å². The van der Waals surface area contributed by atoms with Crippen molar-refractivity contribution in [3.63, 3.8) is 0 Å². The summed E-state index contributed by atoms with van der Waals surface area (Å²) in [6.07, 6.45) is 2.52. The third-order valence-corrected chi connectivity index (χ3v) is 3.83. The van der Waals surface area contributed by atoms with Crippen molar-refractivity contribution in [3.05, 3.63) is 23.9 Å². The maximum atomic E-state index is 4.65. The molecule has 1 aliphatic heterocycles. The van der Waals surface area contributed by atoms with Crippen molar-refractivity contribution >= 4 is 11.6 Å². The van der Waals surface area contributed by atoms with Crippen LogP contribution >= 0.6 is 0 Å². The molecule has 1 fully saturated rings. The summed E-state index contributed by atoms with van der Waals surface area (Å²) in [5.41, 5.74) is 2.06. The molecule has 102 valence electrons. The molecule has 1 atom stereocenters. The van der Waals surface area contributed by atoms with Gasteiger partial charge >= 0.3 is 0 Å². The van der Waals surface area contributed by atoms with Gasteiger partial charge in [0.05, 0.1) is 0 Å². The fourth-order valence-electron chi connectivity index (χ4n) is 2.86. The standard InChI is InChI=1S/C14H21N5/c1-11-5-3-7-13-16-14(17-19(11)13)18-8-4-6-12(10-18)9-15-2/h3,5,7,12,15H,4,6,8-10H2,1-2H3. The van der Waals surface area contributed by atoms with Gasteiger partial charge < -0.3 is 10.2 Å². The van der Waals surface area contributed by atoms with Crippen LogP contribution in [-0.4, -0.2) is 41.3 Å². The predicted molar refractivity (Wildman–Crippen MR) is 76.6 cm³/mol. The average Bonchev–Trinajstić information content (AvgIpc) is 2.85. The first-order valence-electron chi connectivity index (χ1n) is 7.00. The van der Waals surface area contributed by atoms with Crippen LogP contribution in [0.5, 0.6) is 0 Å². The van der Waals surface area contributed by atoms with Crippen LogP contribution in [0.15, 0.2) is 18.2 Å². The molecule has 19 heavy (non-hydrogen) atoms. The van der Waals surface area contributed by atoms with Crippen molar-refractivity contribution in [3.8, 4) is 0 Å². The van der Waals surface area contributed by atoms with Gasteiger partial charge in [0.1, 0.15) is 0 Å². The normalized spacial score (nSPS) is 20.1. The van der Waals surface area contributed by atoms with E-state index in [9.17, 15) is 0 Å². The Morgan fingerprint density at radius 2 is 2.32 bits per heavy atom. The van der Waals surface area contributed by atoms with E-state index in [1.165, 1.54) is 12.8 Å². The highest BCUT2D eigenvalue weighted by Crippen LogP contribution is 2.21. The third kappa shape index (κ3) is 2.42. The smallest absolute Gasteiger partial charge is 0.245 e. The number of aryl methyl sites for hydroxylation is 1. The largest absolute Gasteiger partial charge is 0.339 e. The molecule has 0 aliphatic carbocycles. The quantitative estimate of drug-likeness (QED) is 0.907. The zero-order valence-corrected chi connectivity index (χ0v) is 11.6. The van der Waals surface area contributed by atoms with Crippen LogP contribution in [0, 0.1) is 12.8 Å². The van der Waals surface area contributed by atoms with Gasteiger partial charge in [-0.1, -0.05) is 6.07 Å². The molecule has 0 spiro atoms. The summed E-state index contributed by atoms with van der Waals surface area (Å²) in [5, 5.41) is 7.91. The van der Waals surface area contributed by atoms with Gasteiger partial charge in [-0.2, -0.15) is 4.98 Å². The number of nitrogens with zero attached hydrogens (tertiary/aromatic N) is 4. The Balaban J connectivity index is 1.85. The SMILES string of the molecule is CNCC1CCCN(c2nc3cccc(C)n3n2)C1. The second-order valence-electron chi connectivity index (χ2n) is 5.36. The Morgan fingerprint density at radius 3 is 3.11 bits per heavy atom. The van der Waals surface area contributed by atoms with Gasteiger partial charge in [-0.25, -0.2) is 4.52 Å². The molecule has 2 aromatic heterocycles. The van der Waals surface area contributed by atoms with Crippen LogP contribution in [0.25, 0.3) is 5.65 Å². The maximum absolute atomic E-state index is 4.65. The van der Waals surface area contributed by atoms with E-state index in [0.717, 1.165) is 36.9 Å². The zero-order valence-electron chi connectivity index (χ0n) is 11.6. The molecule has 0 saturated carbocycles. The minimum absolute atomic E-state index is 0.700. The van der Waals surface area contributed by atoms with Crippen LogP contribution in [0.2, 0.25) is 0 Å². The first-order valence-corrected chi connectivity index (χ1v) is 7.00. The Bertz CT molecular complexity index is 560. The van der Waals surface area contributed by atoms with E-state index < -0.39 is 0 Å². The molecule has 0 radical (unpaired) electrons. The van der Waals surface area contributed by atoms with E-state index in [4.69, 9.17) is 0 Å². The number of hydrogen-bond acceptors (Lipinski definition) is 4. The molecule has 0 bridgehead atoms. The molecule has 1 unspecified atom stereocenters. The summed E-state index contributed by atoms with van der Waals surface area (Å²) in [6, 6.07) is 6.10. The average molecular weight is 259 g/mol. The number of aromatic nitrogens is 3. The number of fused-ring (bicyclic) bond motifs is 1. The molecule has 1 saturated heterocycles. The van der Waals surface area contributed by atoms with Crippen LogP contribution in [0.1, 0.15) is 18.5 Å². The van der Waals surface area contributed by atoms with Gasteiger partial charge in [0.2, 0.25) is 5.95 Å². The minimum atomic E-state index is 0.700. The van der Waals surface area contributed by atoms with Crippen molar-refractivity contribution in [2.45, 2.75) is 19.8 Å². The molecule has 3 rings (SSSR count). The van der Waals surface area contributed by atoms with Crippen molar-refractivity contribution in [2.24, 2.45) is 5.92 Å². The number of piperidine rings is 1. The van der Waals surface area contributed by atoms with Crippen LogP contribution < -0.4 is 10.2 Å². The van der Waals surface area contributed by atoms with Gasteiger partial charge in [0, 0.05) is 18.8 Å². The van der Waals surface area contributed by atoms with Gasteiger partial charge in [0.15, 0.2) is 5.65 Å². The van der Waals surface area contributed by atoms with Gasteiger partial charge in [-0.3, -0.25) is 0 Å². The fourth-order valence-corrected chi connectivity index (χ4v) is 2.86. The lowest BCUT2D eigenvalue weighted by Crippen LogP contribution is -2.39. The Labute approximate surface area is 113 Å². The van der Waals surface area contributed by atoms with Gasteiger partial charge in [-0.05, 0) is 51.4 Å². The highest BCUT2D eigenvalue weighted by molar-refractivity contribution is 5.45. The highest BCUT2D eigenvalue weighted by Gasteiger charge is 2.22. The molecule has 0 amide bonds. The molecule has 2 aromatic rings. The van der Waals surface area contributed by atoms with Crippen molar-refractivity contribution < 1.29 is 0 Å². The molecule has 1 N–H and O–H groups in total. The monoisotopic (exact) mass is 259 g/mol. The lowest BCUT2D eigenvalue weighted by atomic mass is 9.98. The van der Waals surface area contributed by atoms with E-state index in [-0.39, 0.29) is 0 Å². The van der Waals surface area contributed by atoms with E-state index >= 15 is 0 Å². The second-order valence-corrected chi connectivity index (χ2v) is 5.36. The zero-order chi connectivity index (χ0) is 13.2. The number of anilines is 1. The predicted octanol–water partition coefficient (Wildman–Crippen LogP) is 1.47. The summed E-state index contributed by atoms with van der Waals surface area (Å²) in [4.78, 5) is 6.97. The minimum Gasteiger partial charge on any atom is -0.339 e. The van der Waals surface area contributed by atoms with Crippen LogP contribution in [-0.2, 0) is 0 Å². The third-order valence-electron chi connectivity index (χ3n) is 3.83. The first-order chi connectivity index (χ1) is 9.28. The van der Waals surface area contributed by atoms with Crippen molar-refractivity contribution in [1.82, 2.24) is 19.9 Å². The molecule has 3 heterocycles. The van der Waals surface area contributed by atoms with Crippen molar-refractivity contribution in [1.29, 1.82) is 0 Å². The van der Waals surface area contributed by atoms with E-state index in [1.807, 2.05) is 23.7 Å². The lowest BCUT2D eigenvalue weighted by Gasteiger charge is -2.31. The Hall–Kier alpha value is -1.62. The summed E-state index contributed by atoms with van der Waals surface area (Å²) in [6.45, 7) is 5.25. The number of hydrogen-bond donors (Lipinski definition) is 1. The molecule has 0 aromatic carbocycles. The van der Waals surface area contributed by atoms with Crippen molar-refractivity contribution in [2.75, 3.05) is 31.6 Å². The maximum Gasteiger partial charge on any atom is 0.245 e. The molecule has 1 aliphatic rings.